The van der Waals surface area contributed by atoms with E-state index in [0.717, 1.165) is 0 Å². The van der Waals surface area contributed by atoms with Gasteiger partial charge in [-0.3, -0.25) is 9.59 Å². The molecule has 4 rings (SSSR count). The summed E-state index contributed by atoms with van der Waals surface area (Å²) in [6, 6.07) is 9.84. The summed E-state index contributed by atoms with van der Waals surface area (Å²) >= 11 is 0. The number of rotatable bonds is 6. The summed E-state index contributed by atoms with van der Waals surface area (Å²) in [4.78, 5) is 28.7. The van der Waals surface area contributed by atoms with Crippen LogP contribution in [0.5, 0.6) is 5.75 Å². The summed E-state index contributed by atoms with van der Waals surface area (Å²) in [7, 11) is 0. The number of anilines is 1. The lowest BCUT2D eigenvalue weighted by Gasteiger charge is -2.34. The Labute approximate surface area is 193 Å². The topological polar surface area (TPSA) is 116 Å². The molecule has 1 saturated carbocycles. The van der Waals surface area contributed by atoms with Crippen LogP contribution in [0.4, 0.5) is 19.0 Å². The van der Waals surface area contributed by atoms with Crippen LogP contribution in [0.25, 0.3) is 11.1 Å². The van der Waals surface area contributed by atoms with E-state index in [2.05, 4.69) is 10.3 Å². The lowest BCUT2D eigenvalue weighted by Crippen LogP contribution is -2.50. The molecule has 0 spiro atoms. The van der Waals surface area contributed by atoms with Crippen LogP contribution in [0, 0.1) is 17.2 Å². The molecule has 2 amide bonds. The Morgan fingerprint density at radius 3 is 2.68 bits per heavy atom. The number of likely N-dealkylation sites (tertiary alicyclic amines) is 1. The van der Waals surface area contributed by atoms with Crippen molar-refractivity contribution < 1.29 is 32.6 Å². The SMILES string of the molecule is N#Cc1cc(-c2ccnc(NC(=O)C3CC3(F)F)c2)ccc1O[C@H]1CCN(C(=O)CO)C[C@H]1F. The number of halogens is 3. The highest BCUT2D eigenvalue weighted by Gasteiger charge is 2.61. The van der Waals surface area contributed by atoms with Crippen LogP contribution in [0.3, 0.4) is 0 Å². The van der Waals surface area contributed by atoms with Gasteiger partial charge in [0.2, 0.25) is 11.8 Å². The number of piperidine rings is 1. The second kappa shape index (κ2) is 9.30. The van der Waals surface area contributed by atoms with Crippen molar-refractivity contribution in [2.45, 2.75) is 31.0 Å². The lowest BCUT2D eigenvalue weighted by atomic mass is 10.0. The molecule has 2 aliphatic rings. The summed E-state index contributed by atoms with van der Waals surface area (Å²) in [5.74, 6) is -5.41. The Balaban J connectivity index is 1.46. The fourth-order valence-electron chi connectivity index (χ4n) is 3.79. The summed E-state index contributed by atoms with van der Waals surface area (Å²) in [6.45, 7) is -0.670. The molecule has 1 aromatic heterocycles. The molecule has 1 unspecified atom stereocenters. The number of ether oxygens (including phenoxy) is 1. The van der Waals surface area contributed by atoms with Crippen molar-refractivity contribution in [1.82, 2.24) is 9.88 Å². The lowest BCUT2D eigenvalue weighted by molar-refractivity contribution is -0.138. The molecule has 2 fully saturated rings. The van der Waals surface area contributed by atoms with Crippen molar-refractivity contribution in [3.8, 4) is 22.9 Å². The van der Waals surface area contributed by atoms with Crippen LogP contribution in [-0.2, 0) is 9.59 Å². The minimum absolute atomic E-state index is 0.105. The first-order chi connectivity index (χ1) is 16.2. The average molecular weight is 474 g/mol. The monoisotopic (exact) mass is 474 g/mol. The zero-order valence-electron chi connectivity index (χ0n) is 17.9. The summed E-state index contributed by atoms with van der Waals surface area (Å²) in [5, 5.41) is 20.9. The molecule has 2 aromatic rings. The number of hydrogen-bond acceptors (Lipinski definition) is 6. The highest BCUT2D eigenvalue weighted by Crippen LogP contribution is 2.49. The van der Waals surface area contributed by atoms with E-state index < -0.39 is 49.0 Å². The Hall–Kier alpha value is -3.65. The summed E-state index contributed by atoms with van der Waals surface area (Å²) in [6.07, 6.45) is -1.22. The highest BCUT2D eigenvalue weighted by atomic mass is 19.3. The number of carbonyl (C=O) groups is 2. The zero-order chi connectivity index (χ0) is 24.5. The molecule has 8 nitrogen and oxygen atoms in total. The molecule has 1 aliphatic heterocycles. The normalized spacial score (nSPS) is 23.0. The van der Waals surface area contributed by atoms with Gasteiger partial charge in [-0.2, -0.15) is 5.26 Å². The van der Waals surface area contributed by atoms with E-state index in [9.17, 15) is 28.0 Å². The molecule has 11 heteroatoms. The van der Waals surface area contributed by atoms with Gasteiger partial charge in [0.05, 0.1) is 12.1 Å². The van der Waals surface area contributed by atoms with E-state index >= 15 is 0 Å². The van der Waals surface area contributed by atoms with Crippen molar-refractivity contribution >= 4 is 17.6 Å². The molecule has 178 valence electrons. The van der Waals surface area contributed by atoms with E-state index in [1.807, 2.05) is 6.07 Å². The number of carbonyl (C=O) groups excluding carboxylic acids is 2. The molecular formula is C23H21F3N4O4. The molecule has 1 aliphatic carbocycles. The van der Waals surface area contributed by atoms with Crippen molar-refractivity contribution in [2.24, 2.45) is 5.92 Å². The standard InChI is InChI=1S/C23H21F3N4O4/c24-17-11-30(21(32)12-31)6-4-19(17)34-18-2-1-13(7-15(18)10-27)14-3-5-28-20(8-14)29-22(33)16-9-23(16,25)26/h1-3,5,7-8,16-17,19,31H,4,6,9,11-12H2,(H,28,29,33)/t16?,17-,19+/m1/s1. The van der Waals surface area contributed by atoms with Gasteiger partial charge < -0.3 is 20.1 Å². The number of hydrogen-bond donors (Lipinski definition) is 2. The number of aliphatic hydroxyl groups is 1. The van der Waals surface area contributed by atoms with Gasteiger partial charge in [0.1, 0.15) is 36.3 Å². The molecule has 0 bridgehead atoms. The van der Waals surface area contributed by atoms with Crippen LogP contribution in [0.2, 0.25) is 0 Å². The number of nitriles is 1. The van der Waals surface area contributed by atoms with Crippen LogP contribution in [-0.4, -0.2) is 64.7 Å². The van der Waals surface area contributed by atoms with Gasteiger partial charge in [-0.05, 0) is 35.4 Å². The first kappa shape index (κ1) is 23.5. The first-order valence-corrected chi connectivity index (χ1v) is 10.6. The largest absolute Gasteiger partial charge is 0.486 e. The third-order valence-corrected chi connectivity index (χ3v) is 5.84. The number of benzene rings is 1. The van der Waals surface area contributed by atoms with Gasteiger partial charge in [-0.25, -0.2) is 18.2 Å². The highest BCUT2D eigenvalue weighted by molar-refractivity contribution is 5.95. The van der Waals surface area contributed by atoms with Crippen molar-refractivity contribution in [3.05, 3.63) is 42.1 Å². The average Bonchev–Trinajstić information content (AvgIpc) is 3.48. The Morgan fingerprint density at radius 1 is 1.29 bits per heavy atom. The quantitative estimate of drug-likeness (QED) is 0.665. The molecule has 0 radical (unpaired) electrons. The van der Waals surface area contributed by atoms with E-state index in [1.165, 1.54) is 29.3 Å². The predicted molar refractivity (Wildman–Crippen MR) is 114 cm³/mol. The van der Waals surface area contributed by atoms with Crippen LogP contribution in [0.15, 0.2) is 36.5 Å². The van der Waals surface area contributed by atoms with Gasteiger partial charge in [-0.1, -0.05) is 6.07 Å². The molecule has 34 heavy (non-hydrogen) atoms. The molecule has 1 aromatic carbocycles. The minimum atomic E-state index is -2.98. The van der Waals surface area contributed by atoms with Gasteiger partial charge in [-0.15, -0.1) is 0 Å². The molecule has 2 heterocycles. The van der Waals surface area contributed by atoms with E-state index in [4.69, 9.17) is 9.84 Å². The maximum absolute atomic E-state index is 14.5. The van der Waals surface area contributed by atoms with E-state index in [0.29, 0.717) is 11.1 Å². The van der Waals surface area contributed by atoms with Crippen LogP contribution >= 0.6 is 0 Å². The number of pyridine rings is 1. The molecule has 2 N–H and O–H groups in total. The van der Waals surface area contributed by atoms with Gasteiger partial charge in [0.15, 0.2) is 6.17 Å². The van der Waals surface area contributed by atoms with Crippen LogP contribution in [0.1, 0.15) is 18.4 Å². The second-order valence-corrected chi connectivity index (χ2v) is 8.22. The third kappa shape index (κ3) is 4.97. The number of aliphatic hydroxyl groups excluding tert-OH is 1. The first-order valence-electron chi connectivity index (χ1n) is 10.6. The maximum Gasteiger partial charge on any atom is 0.260 e. The minimum Gasteiger partial charge on any atom is -0.486 e. The Morgan fingerprint density at radius 2 is 2.03 bits per heavy atom. The van der Waals surface area contributed by atoms with E-state index in [1.54, 1.807) is 12.1 Å². The fourth-order valence-corrected chi connectivity index (χ4v) is 3.79. The van der Waals surface area contributed by atoms with Gasteiger partial charge in [0, 0.05) is 25.6 Å². The molecular weight excluding hydrogens is 453 g/mol. The van der Waals surface area contributed by atoms with Gasteiger partial charge >= 0.3 is 0 Å². The van der Waals surface area contributed by atoms with E-state index in [-0.39, 0.29) is 36.6 Å². The Kier molecular flexibility index (Phi) is 6.43. The van der Waals surface area contributed by atoms with Crippen LogP contribution < -0.4 is 10.1 Å². The molecule has 1 saturated heterocycles. The van der Waals surface area contributed by atoms with Crippen molar-refractivity contribution in [1.29, 1.82) is 5.26 Å². The predicted octanol–water partition coefficient (Wildman–Crippen LogP) is 2.52. The smallest absolute Gasteiger partial charge is 0.260 e. The third-order valence-electron chi connectivity index (χ3n) is 5.84. The van der Waals surface area contributed by atoms with Gasteiger partial charge in [0.25, 0.3) is 5.92 Å². The summed E-state index contributed by atoms with van der Waals surface area (Å²) in [5.41, 5.74) is 1.31. The summed E-state index contributed by atoms with van der Waals surface area (Å²) < 4.78 is 46.5. The number of amides is 2. The number of nitrogens with one attached hydrogen (secondary N) is 1. The fraction of sp³-hybridized carbons (Fsp3) is 0.391. The zero-order valence-corrected chi connectivity index (χ0v) is 17.9. The number of aromatic nitrogens is 1. The van der Waals surface area contributed by atoms with Crippen molar-refractivity contribution in [3.63, 3.8) is 0 Å². The maximum atomic E-state index is 14.5. The van der Waals surface area contributed by atoms with Crippen molar-refractivity contribution in [2.75, 3.05) is 25.0 Å². The Bertz CT molecular complexity index is 1150. The number of nitrogens with zero attached hydrogens (tertiary/aromatic N) is 3. The molecule has 3 atom stereocenters. The second-order valence-electron chi connectivity index (χ2n) is 8.22. The number of alkyl halides is 3.